The summed E-state index contributed by atoms with van der Waals surface area (Å²) in [5.41, 5.74) is 9.72. The molecule has 0 bridgehead atoms. The molecule has 152 valence electrons. The maximum absolute atomic E-state index is 12.0. The van der Waals surface area contributed by atoms with Gasteiger partial charge in [0.15, 0.2) is 0 Å². The van der Waals surface area contributed by atoms with E-state index < -0.39 is 0 Å². The Morgan fingerprint density at radius 2 is 1.93 bits per heavy atom. The zero-order valence-electron chi connectivity index (χ0n) is 16.9. The molecule has 4 rings (SSSR count). The number of likely N-dealkylation sites (tertiary alicyclic amines) is 1. The van der Waals surface area contributed by atoms with Gasteiger partial charge in [0.05, 0.1) is 23.6 Å². The lowest BCUT2D eigenvalue weighted by Gasteiger charge is -2.29. The Morgan fingerprint density at radius 3 is 2.64 bits per heavy atom. The van der Waals surface area contributed by atoms with Gasteiger partial charge in [-0.15, -0.1) is 0 Å². The van der Waals surface area contributed by atoms with Crippen LogP contribution < -0.4 is 5.73 Å². The molecule has 2 fully saturated rings. The van der Waals surface area contributed by atoms with Crippen molar-refractivity contribution in [3.8, 4) is 0 Å². The molecule has 1 aromatic heterocycles. The number of piperidine rings is 1. The van der Waals surface area contributed by atoms with Gasteiger partial charge in [-0.3, -0.25) is 9.69 Å². The van der Waals surface area contributed by atoms with E-state index in [2.05, 4.69) is 32.7 Å². The van der Waals surface area contributed by atoms with Gasteiger partial charge in [-0.1, -0.05) is 12.5 Å². The number of imidazole rings is 1. The van der Waals surface area contributed by atoms with Gasteiger partial charge < -0.3 is 15.0 Å². The van der Waals surface area contributed by atoms with E-state index >= 15 is 0 Å². The Hall–Kier alpha value is -2.08. The van der Waals surface area contributed by atoms with Gasteiger partial charge in [-0.25, -0.2) is 4.98 Å². The van der Waals surface area contributed by atoms with Crippen molar-refractivity contribution in [3.05, 3.63) is 23.8 Å². The molecule has 2 aliphatic rings. The number of benzene rings is 1. The molecule has 1 saturated heterocycles. The monoisotopic (exact) mass is 384 g/mol. The van der Waals surface area contributed by atoms with E-state index in [4.69, 9.17) is 10.5 Å². The fourth-order valence-electron chi connectivity index (χ4n) is 4.85. The van der Waals surface area contributed by atoms with Crippen LogP contribution in [0.15, 0.2) is 18.2 Å². The number of rotatable bonds is 5. The summed E-state index contributed by atoms with van der Waals surface area (Å²) in [6.45, 7) is 5.70. The fraction of sp³-hybridized carbons (Fsp3) is 0.636. The van der Waals surface area contributed by atoms with Crippen LogP contribution in [0.3, 0.4) is 0 Å². The highest BCUT2D eigenvalue weighted by Gasteiger charge is 2.29. The zero-order chi connectivity index (χ0) is 19.5. The second-order valence-corrected chi connectivity index (χ2v) is 8.26. The van der Waals surface area contributed by atoms with E-state index in [1.807, 2.05) is 6.92 Å². The third kappa shape index (κ3) is 4.02. The number of ether oxygens (including phenoxy) is 1. The first-order valence-corrected chi connectivity index (χ1v) is 10.8. The molecular weight excluding hydrogens is 352 g/mol. The number of carbonyl (C=O) groups is 1. The van der Waals surface area contributed by atoms with Crippen molar-refractivity contribution < 1.29 is 9.53 Å². The van der Waals surface area contributed by atoms with Crippen LogP contribution in [0.5, 0.6) is 0 Å². The van der Waals surface area contributed by atoms with Gasteiger partial charge in [-0.05, 0) is 76.2 Å². The maximum Gasteiger partial charge on any atom is 0.308 e. The van der Waals surface area contributed by atoms with E-state index in [-0.39, 0.29) is 11.9 Å². The summed E-state index contributed by atoms with van der Waals surface area (Å²) in [7, 11) is 0. The normalized spacial score (nSPS) is 23.8. The number of nitrogens with zero attached hydrogens (tertiary/aromatic N) is 3. The molecule has 1 aliphatic carbocycles. The number of esters is 1. The van der Waals surface area contributed by atoms with Crippen LogP contribution in [-0.2, 0) is 16.1 Å². The van der Waals surface area contributed by atoms with Crippen molar-refractivity contribution in [2.45, 2.75) is 64.5 Å². The predicted molar refractivity (Wildman–Crippen MR) is 111 cm³/mol. The van der Waals surface area contributed by atoms with Crippen LogP contribution >= 0.6 is 0 Å². The molecule has 28 heavy (non-hydrogen) atoms. The summed E-state index contributed by atoms with van der Waals surface area (Å²) < 4.78 is 7.37. The Kier molecular flexibility index (Phi) is 5.85. The lowest BCUT2D eigenvalue weighted by molar-refractivity contribution is -0.149. The molecular formula is C22H32N4O2. The second kappa shape index (κ2) is 8.52. The van der Waals surface area contributed by atoms with Crippen LogP contribution in [0.25, 0.3) is 11.0 Å². The SMILES string of the molecule is CCOC(=O)C1CCC(n2c(N)nc3cc(CN4CCCCC4)ccc32)CC1. The number of nitrogen functional groups attached to an aromatic ring is 1. The van der Waals surface area contributed by atoms with Crippen LogP contribution in [0.4, 0.5) is 5.95 Å². The van der Waals surface area contributed by atoms with Gasteiger partial charge in [0, 0.05) is 12.6 Å². The van der Waals surface area contributed by atoms with Gasteiger partial charge in [0.25, 0.3) is 0 Å². The first kappa shape index (κ1) is 19.2. The van der Waals surface area contributed by atoms with E-state index in [0.717, 1.165) is 43.3 Å². The number of aromatic nitrogens is 2. The van der Waals surface area contributed by atoms with E-state index in [1.165, 1.54) is 37.9 Å². The van der Waals surface area contributed by atoms with Gasteiger partial charge in [0.2, 0.25) is 5.95 Å². The maximum atomic E-state index is 12.0. The van der Waals surface area contributed by atoms with Crippen molar-refractivity contribution in [3.63, 3.8) is 0 Å². The Morgan fingerprint density at radius 1 is 1.18 bits per heavy atom. The van der Waals surface area contributed by atoms with Crippen LogP contribution in [0, 0.1) is 5.92 Å². The second-order valence-electron chi connectivity index (χ2n) is 8.26. The Labute approximate surface area is 167 Å². The number of carbonyl (C=O) groups excluding carboxylic acids is 1. The van der Waals surface area contributed by atoms with Gasteiger partial charge in [-0.2, -0.15) is 0 Å². The minimum atomic E-state index is -0.0493. The summed E-state index contributed by atoms with van der Waals surface area (Å²) in [5.74, 6) is 0.569. The average Bonchev–Trinajstić information content (AvgIpc) is 3.04. The largest absolute Gasteiger partial charge is 0.466 e. The van der Waals surface area contributed by atoms with Crippen LogP contribution in [0.1, 0.15) is 63.5 Å². The van der Waals surface area contributed by atoms with Crippen LogP contribution in [0.2, 0.25) is 0 Å². The number of fused-ring (bicyclic) bond motifs is 1. The molecule has 1 aliphatic heterocycles. The minimum absolute atomic E-state index is 0.0309. The summed E-state index contributed by atoms with van der Waals surface area (Å²) >= 11 is 0. The number of nitrogens with two attached hydrogens (primary N) is 1. The van der Waals surface area contributed by atoms with E-state index in [0.29, 0.717) is 18.6 Å². The van der Waals surface area contributed by atoms with Crippen molar-refractivity contribution in [2.24, 2.45) is 5.92 Å². The highest BCUT2D eigenvalue weighted by molar-refractivity contribution is 5.79. The first-order chi connectivity index (χ1) is 13.7. The minimum Gasteiger partial charge on any atom is -0.466 e. The highest BCUT2D eigenvalue weighted by atomic mass is 16.5. The van der Waals surface area contributed by atoms with Crippen molar-refractivity contribution in [1.82, 2.24) is 14.5 Å². The standard InChI is InChI=1S/C22H32N4O2/c1-2-28-21(27)17-7-9-18(10-8-17)26-20-11-6-16(14-19(20)24-22(26)23)15-25-12-4-3-5-13-25/h6,11,14,17-18H,2-5,7-10,12-13,15H2,1H3,(H2,23,24). The third-order valence-corrected chi connectivity index (χ3v) is 6.32. The number of hydrogen-bond acceptors (Lipinski definition) is 5. The van der Waals surface area contributed by atoms with Crippen LogP contribution in [-0.4, -0.2) is 40.1 Å². The van der Waals surface area contributed by atoms with E-state index in [1.54, 1.807) is 0 Å². The number of anilines is 1. The molecule has 2 N–H and O–H groups in total. The number of hydrogen-bond donors (Lipinski definition) is 1. The molecule has 6 heteroatoms. The quantitative estimate of drug-likeness (QED) is 0.792. The smallest absolute Gasteiger partial charge is 0.308 e. The first-order valence-electron chi connectivity index (χ1n) is 10.8. The summed E-state index contributed by atoms with van der Waals surface area (Å²) in [6, 6.07) is 6.90. The molecule has 2 aromatic rings. The topological polar surface area (TPSA) is 73.4 Å². The fourth-order valence-corrected chi connectivity index (χ4v) is 4.85. The average molecular weight is 385 g/mol. The lowest BCUT2D eigenvalue weighted by atomic mass is 9.86. The predicted octanol–water partition coefficient (Wildman–Crippen LogP) is 3.90. The van der Waals surface area contributed by atoms with E-state index in [9.17, 15) is 4.79 Å². The van der Waals surface area contributed by atoms with Gasteiger partial charge in [0.1, 0.15) is 0 Å². The van der Waals surface area contributed by atoms with Crippen molar-refractivity contribution >= 4 is 23.0 Å². The summed E-state index contributed by atoms with van der Waals surface area (Å²) in [5, 5.41) is 0. The lowest BCUT2D eigenvalue weighted by Crippen LogP contribution is -2.29. The molecule has 2 heterocycles. The molecule has 0 spiro atoms. The molecule has 1 aromatic carbocycles. The molecule has 0 radical (unpaired) electrons. The molecule has 6 nitrogen and oxygen atoms in total. The third-order valence-electron chi connectivity index (χ3n) is 6.32. The molecule has 0 unspecified atom stereocenters. The molecule has 1 saturated carbocycles. The van der Waals surface area contributed by atoms with Crippen molar-refractivity contribution in [2.75, 3.05) is 25.4 Å². The Bertz CT molecular complexity index is 817. The molecule has 0 atom stereocenters. The van der Waals surface area contributed by atoms with Crippen molar-refractivity contribution in [1.29, 1.82) is 0 Å². The summed E-state index contributed by atoms with van der Waals surface area (Å²) in [4.78, 5) is 19.2. The zero-order valence-corrected chi connectivity index (χ0v) is 16.9. The Balaban J connectivity index is 1.47. The highest BCUT2D eigenvalue weighted by Crippen LogP contribution is 2.36. The molecule has 0 amide bonds. The van der Waals surface area contributed by atoms with Gasteiger partial charge >= 0.3 is 5.97 Å². The summed E-state index contributed by atoms with van der Waals surface area (Å²) in [6.07, 6.45) is 7.56.